The van der Waals surface area contributed by atoms with E-state index in [9.17, 15) is 4.79 Å². The summed E-state index contributed by atoms with van der Waals surface area (Å²) in [6.07, 6.45) is 2.16. The molecule has 0 amide bonds. The fourth-order valence-electron chi connectivity index (χ4n) is 1.62. The summed E-state index contributed by atoms with van der Waals surface area (Å²) in [5.41, 5.74) is 7.43. The Morgan fingerprint density at radius 2 is 2.20 bits per heavy atom. The number of nitrogens with two attached hydrogens (primary N) is 1. The van der Waals surface area contributed by atoms with Gasteiger partial charge in [0, 0.05) is 23.5 Å². The molecule has 1 unspecified atom stereocenters. The van der Waals surface area contributed by atoms with Crippen LogP contribution in [0.15, 0.2) is 30.5 Å². The second kappa shape index (κ2) is 3.74. The average Bonchev–Trinajstić information content (AvgIpc) is 2.62. The largest absolute Gasteiger partial charge is 0.480 e. The number of benzene rings is 1. The third-order valence-corrected chi connectivity index (χ3v) is 2.43. The van der Waals surface area contributed by atoms with E-state index in [-0.39, 0.29) is 0 Å². The number of carboxylic acid groups (broad SMARTS) is 1. The Morgan fingerprint density at radius 3 is 2.93 bits per heavy atom. The molecule has 1 aromatic heterocycles. The standard InChI is InChI=1S/C11H12N2O2/c12-9(11(14)15)5-7-6-13-10-4-2-1-3-8(7)10/h1-4,6,9,13H,5,12H2,(H,14,15)/i11+1. The number of hydrogen-bond acceptors (Lipinski definition) is 2. The molecule has 0 spiro atoms. The normalized spacial score (nSPS) is 12.9. The van der Waals surface area contributed by atoms with E-state index >= 15 is 0 Å². The van der Waals surface area contributed by atoms with E-state index in [0.29, 0.717) is 6.42 Å². The second-order valence-electron chi connectivity index (χ2n) is 3.51. The highest BCUT2D eigenvalue weighted by molar-refractivity contribution is 5.84. The minimum Gasteiger partial charge on any atom is -0.480 e. The number of rotatable bonds is 3. The molecule has 2 aromatic rings. The molecule has 0 fully saturated rings. The molecule has 4 nitrogen and oxygen atoms in total. The van der Waals surface area contributed by atoms with Gasteiger partial charge >= 0.3 is 5.97 Å². The molecule has 15 heavy (non-hydrogen) atoms. The number of aromatic amines is 1. The zero-order valence-corrected chi connectivity index (χ0v) is 8.10. The van der Waals surface area contributed by atoms with E-state index in [1.54, 1.807) is 0 Å². The van der Waals surface area contributed by atoms with Crippen molar-refractivity contribution in [3.8, 4) is 0 Å². The van der Waals surface area contributed by atoms with Crippen LogP contribution < -0.4 is 5.73 Å². The maximum Gasteiger partial charge on any atom is 0.320 e. The lowest BCUT2D eigenvalue weighted by atomic mass is 10.1. The Labute approximate surface area is 86.7 Å². The summed E-state index contributed by atoms with van der Waals surface area (Å²) in [6, 6.07) is 6.91. The van der Waals surface area contributed by atoms with E-state index < -0.39 is 12.0 Å². The number of carboxylic acids is 1. The highest BCUT2D eigenvalue weighted by Crippen LogP contribution is 2.18. The average molecular weight is 205 g/mol. The predicted molar refractivity (Wildman–Crippen MR) is 57.6 cm³/mol. The van der Waals surface area contributed by atoms with Gasteiger partial charge in [0.1, 0.15) is 6.04 Å². The third-order valence-electron chi connectivity index (χ3n) is 2.43. The number of H-pyrrole nitrogens is 1. The molecule has 0 aliphatic rings. The van der Waals surface area contributed by atoms with Gasteiger partial charge in [0.25, 0.3) is 0 Å². The van der Waals surface area contributed by atoms with E-state index in [0.717, 1.165) is 16.5 Å². The van der Waals surface area contributed by atoms with E-state index in [4.69, 9.17) is 10.8 Å². The van der Waals surface area contributed by atoms with E-state index in [1.807, 2.05) is 30.5 Å². The van der Waals surface area contributed by atoms with Crippen molar-refractivity contribution in [1.29, 1.82) is 0 Å². The Morgan fingerprint density at radius 1 is 1.47 bits per heavy atom. The number of aromatic nitrogens is 1. The minimum absolute atomic E-state index is 0.347. The summed E-state index contributed by atoms with van der Waals surface area (Å²) in [6.45, 7) is 0. The fourth-order valence-corrected chi connectivity index (χ4v) is 1.62. The van der Waals surface area contributed by atoms with Gasteiger partial charge in [-0.1, -0.05) is 18.2 Å². The quantitative estimate of drug-likeness (QED) is 0.657. The van der Waals surface area contributed by atoms with Crippen LogP contribution in [0.25, 0.3) is 10.9 Å². The summed E-state index contributed by atoms with van der Waals surface area (Å²) in [4.78, 5) is 13.7. The van der Waals surface area contributed by atoms with Crippen LogP contribution in [0.3, 0.4) is 0 Å². The SMILES string of the molecule is NC(Cc1c[nH]c2ccccc12)[13C](=O)O. The Kier molecular flexibility index (Phi) is 2.43. The molecule has 2 rings (SSSR count). The molecule has 1 aromatic carbocycles. The van der Waals surface area contributed by atoms with Crippen LogP contribution in [-0.2, 0) is 11.2 Å². The molecule has 0 aliphatic heterocycles. The van der Waals surface area contributed by atoms with Crippen molar-refractivity contribution in [2.75, 3.05) is 0 Å². The van der Waals surface area contributed by atoms with Crippen LogP contribution in [0.1, 0.15) is 5.56 Å². The molecule has 0 bridgehead atoms. The molecular weight excluding hydrogens is 193 g/mol. The van der Waals surface area contributed by atoms with Gasteiger partial charge in [0.05, 0.1) is 0 Å². The number of para-hydroxylation sites is 1. The summed E-state index contributed by atoms with van der Waals surface area (Å²) in [5, 5.41) is 9.75. The summed E-state index contributed by atoms with van der Waals surface area (Å²) in [7, 11) is 0. The van der Waals surface area contributed by atoms with E-state index in [2.05, 4.69) is 4.98 Å². The lowest BCUT2D eigenvalue weighted by molar-refractivity contribution is -0.138. The van der Waals surface area contributed by atoms with Gasteiger partial charge in [-0.25, -0.2) is 0 Å². The van der Waals surface area contributed by atoms with Crippen molar-refractivity contribution in [3.63, 3.8) is 0 Å². The van der Waals surface area contributed by atoms with Crippen LogP contribution >= 0.6 is 0 Å². The first-order valence-corrected chi connectivity index (χ1v) is 4.72. The number of nitrogens with one attached hydrogen (secondary N) is 1. The predicted octanol–water partition coefficient (Wildman–Crippen LogP) is 1.12. The molecule has 0 saturated heterocycles. The molecule has 4 heteroatoms. The first-order valence-electron chi connectivity index (χ1n) is 4.72. The number of fused-ring (bicyclic) bond motifs is 1. The Balaban J connectivity index is 2.32. The molecule has 0 radical (unpaired) electrons. The van der Waals surface area contributed by atoms with Crippen molar-refractivity contribution in [1.82, 2.24) is 4.98 Å². The topological polar surface area (TPSA) is 79.1 Å². The second-order valence-corrected chi connectivity index (χ2v) is 3.51. The molecular formula is C11H12N2O2. The molecule has 78 valence electrons. The zero-order valence-electron chi connectivity index (χ0n) is 8.10. The first kappa shape index (κ1) is 9.73. The van der Waals surface area contributed by atoms with Gasteiger partial charge in [-0.2, -0.15) is 0 Å². The Hall–Kier alpha value is -1.81. The van der Waals surface area contributed by atoms with Crippen molar-refractivity contribution >= 4 is 16.9 Å². The fraction of sp³-hybridized carbons (Fsp3) is 0.182. The molecule has 4 N–H and O–H groups in total. The third kappa shape index (κ3) is 1.85. The highest BCUT2D eigenvalue weighted by atomic mass is 16.5. The first-order chi connectivity index (χ1) is 7.18. The van der Waals surface area contributed by atoms with Crippen molar-refractivity contribution in [2.24, 2.45) is 5.73 Å². The minimum atomic E-state index is -0.972. The van der Waals surface area contributed by atoms with Crippen molar-refractivity contribution in [3.05, 3.63) is 36.0 Å². The maximum atomic E-state index is 10.6. The van der Waals surface area contributed by atoms with Gasteiger partial charge in [0.15, 0.2) is 0 Å². The summed E-state index contributed by atoms with van der Waals surface area (Å²) < 4.78 is 0. The molecule has 1 atom stereocenters. The van der Waals surface area contributed by atoms with Gasteiger partial charge < -0.3 is 15.8 Å². The van der Waals surface area contributed by atoms with Crippen LogP contribution in [0.4, 0.5) is 0 Å². The Bertz CT molecular complexity index is 490. The molecule has 0 aliphatic carbocycles. The number of aliphatic carboxylic acids is 1. The van der Waals surface area contributed by atoms with Crippen molar-refractivity contribution in [2.45, 2.75) is 12.5 Å². The smallest absolute Gasteiger partial charge is 0.320 e. The van der Waals surface area contributed by atoms with Crippen LogP contribution in [0, 0.1) is 0 Å². The summed E-state index contributed by atoms with van der Waals surface area (Å²) >= 11 is 0. The van der Waals surface area contributed by atoms with Gasteiger partial charge in [0.2, 0.25) is 0 Å². The van der Waals surface area contributed by atoms with Gasteiger partial charge in [-0.05, 0) is 11.6 Å². The number of carbonyl (C=O) groups is 1. The molecule has 0 saturated carbocycles. The van der Waals surface area contributed by atoms with Crippen LogP contribution in [0.5, 0.6) is 0 Å². The lowest BCUT2D eigenvalue weighted by Gasteiger charge is -2.04. The summed E-state index contributed by atoms with van der Waals surface area (Å²) in [5.74, 6) is -0.972. The monoisotopic (exact) mass is 205 g/mol. The van der Waals surface area contributed by atoms with E-state index in [1.165, 1.54) is 0 Å². The number of hydrogen-bond donors (Lipinski definition) is 3. The van der Waals surface area contributed by atoms with Crippen LogP contribution in [-0.4, -0.2) is 22.1 Å². The van der Waals surface area contributed by atoms with Gasteiger partial charge in [-0.15, -0.1) is 0 Å². The van der Waals surface area contributed by atoms with Crippen molar-refractivity contribution < 1.29 is 9.90 Å². The zero-order chi connectivity index (χ0) is 10.8. The lowest BCUT2D eigenvalue weighted by Crippen LogP contribution is -2.32. The highest BCUT2D eigenvalue weighted by Gasteiger charge is 2.14. The molecule has 1 heterocycles. The van der Waals surface area contributed by atoms with Crippen LogP contribution in [0.2, 0.25) is 0 Å². The maximum absolute atomic E-state index is 10.6. The van der Waals surface area contributed by atoms with Gasteiger partial charge in [-0.3, -0.25) is 4.79 Å².